The lowest BCUT2D eigenvalue weighted by Gasteiger charge is -2.27. The van der Waals surface area contributed by atoms with Crippen molar-refractivity contribution >= 4 is 5.78 Å². The van der Waals surface area contributed by atoms with Crippen molar-refractivity contribution in [1.82, 2.24) is 0 Å². The molecule has 92 valence electrons. The molecule has 0 heterocycles. The zero-order valence-electron chi connectivity index (χ0n) is 10.9. The summed E-state index contributed by atoms with van der Waals surface area (Å²) in [5.41, 5.74) is 0. The van der Waals surface area contributed by atoms with E-state index in [4.69, 9.17) is 0 Å². The molecule has 0 atom stereocenters. The van der Waals surface area contributed by atoms with E-state index in [2.05, 4.69) is 13.8 Å². The molecular weight excluding hydrogens is 196 g/mol. The van der Waals surface area contributed by atoms with Crippen LogP contribution >= 0.6 is 0 Å². The second kappa shape index (κ2) is 7.65. The molecule has 0 aromatic rings. The van der Waals surface area contributed by atoms with E-state index < -0.39 is 0 Å². The Hall–Kier alpha value is -0.590. The molecule has 1 aliphatic rings. The Kier molecular flexibility index (Phi) is 6.44. The molecule has 0 bridgehead atoms. The van der Waals surface area contributed by atoms with E-state index in [1.165, 1.54) is 38.5 Å². The first-order chi connectivity index (χ1) is 7.76. The third-order valence-corrected chi connectivity index (χ3v) is 3.69. The summed E-state index contributed by atoms with van der Waals surface area (Å²) < 4.78 is 0. The summed E-state index contributed by atoms with van der Waals surface area (Å²) in [7, 11) is 0. The number of carbonyl (C=O) groups is 1. The second-order valence-electron chi connectivity index (χ2n) is 5.16. The van der Waals surface area contributed by atoms with E-state index in [1.807, 2.05) is 6.08 Å². The molecule has 0 aliphatic heterocycles. The summed E-state index contributed by atoms with van der Waals surface area (Å²) in [6.07, 6.45) is 13.5. The van der Waals surface area contributed by atoms with Gasteiger partial charge in [0.2, 0.25) is 0 Å². The molecule has 0 saturated heterocycles. The average molecular weight is 222 g/mol. The standard InChI is InChI=1S/C15H26O/c1-3-5-7-15(16)12-14-10-8-13(6-4-2)9-11-14/h5,7,13-14H,3-4,6,8-12H2,1-2H3/b7-5+. The van der Waals surface area contributed by atoms with Crippen molar-refractivity contribution in [2.75, 3.05) is 0 Å². The third-order valence-electron chi connectivity index (χ3n) is 3.69. The summed E-state index contributed by atoms with van der Waals surface area (Å²) in [5.74, 6) is 1.95. The van der Waals surface area contributed by atoms with E-state index in [-0.39, 0.29) is 0 Å². The van der Waals surface area contributed by atoms with E-state index in [0.29, 0.717) is 11.7 Å². The Balaban J connectivity index is 2.21. The predicted molar refractivity (Wildman–Crippen MR) is 69.4 cm³/mol. The van der Waals surface area contributed by atoms with Gasteiger partial charge in [0.1, 0.15) is 0 Å². The van der Waals surface area contributed by atoms with E-state index in [9.17, 15) is 4.79 Å². The van der Waals surface area contributed by atoms with Crippen LogP contribution in [-0.4, -0.2) is 5.78 Å². The molecule has 1 saturated carbocycles. The highest BCUT2D eigenvalue weighted by atomic mass is 16.1. The molecule has 0 aromatic carbocycles. The zero-order chi connectivity index (χ0) is 11.8. The topological polar surface area (TPSA) is 17.1 Å². The molecule has 1 nitrogen and oxygen atoms in total. The van der Waals surface area contributed by atoms with Crippen LogP contribution in [0.2, 0.25) is 0 Å². The van der Waals surface area contributed by atoms with Gasteiger partial charge in [-0.05, 0) is 37.2 Å². The molecular formula is C15H26O. The van der Waals surface area contributed by atoms with Gasteiger partial charge < -0.3 is 0 Å². The van der Waals surface area contributed by atoms with Gasteiger partial charge in [0.25, 0.3) is 0 Å². The first kappa shape index (κ1) is 13.5. The molecule has 0 radical (unpaired) electrons. The highest BCUT2D eigenvalue weighted by Crippen LogP contribution is 2.33. The number of rotatable bonds is 6. The largest absolute Gasteiger partial charge is 0.295 e. The van der Waals surface area contributed by atoms with Crippen LogP contribution in [-0.2, 0) is 4.79 Å². The van der Waals surface area contributed by atoms with E-state index in [1.54, 1.807) is 6.08 Å². The summed E-state index contributed by atoms with van der Waals surface area (Å²) in [6, 6.07) is 0. The van der Waals surface area contributed by atoms with Gasteiger partial charge in [-0.25, -0.2) is 0 Å². The maximum atomic E-state index is 11.6. The monoisotopic (exact) mass is 222 g/mol. The molecule has 0 N–H and O–H groups in total. The Morgan fingerprint density at radius 3 is 2.31 bits per heavy atom. The summed E-state index contributed by atoms with van der Waals surface area (Å²) >= 11 is 0. The van der Waals surface area contributed by atoms with Gasteiger partial charge in [0, 0.05) is 6.42 Å². The lowest BCUT2D eigenvalue weighted by molar-refractivity contribution is -0.115. The lowest BCUT2D eigenvalue weighted by Crippen LogP contribution is -2.16. The molecule has 1 rings (SSSR count). The maximum absolute atomic E-state index is 11.6. The Bertz CT molecular complexity index is 222. The molecule has 0 amide bonds. The molecule has 0 unspecified atom stereocenters. The zero-order valence-corrected chi connectivity index (χ0v) is 10.9. The summed E-state index contributed by atoms with van der Waals surface area (Å²) in [6.45, 7) is 4.34. The minimum atomic E-state index is 0.334. The third kappa shape index (κ3) is 4.96. The van der Waals surface area contributed by atoms with Crippen LogP contribution < -0.4 is 0 Å². The van der Waals surface area contributed by atoms with Gasteiger partial charge in [-0.2, -0.15) is 0 Å². The quantitative estimate of drug-likeness (QED) is 0.604. The normalized spacial score (nSPS) is 26.1. The maximum Gasteiger partial charge on any atom is 0.155 e. The minimum absolute atomic E-state index is 0.334. The Morgan fingerprint density at radius 2 is 1.75 bits per heavy atom. The Labute approximate surface area is 100 Å². The smallest absolute Gasteiger partial charge is 0.155 e. The van der Waals surface area contributed by atoms with Gasteiger partial charge in [-0.15, -0.1) is 0 Å². The van der Waals surface area contributed by atoms with Crippen molar-refractivity contribution in [1.29, 1.82) is 0 Å². The van der Waals surface area contributed by atoms with Crippen molar-refractivity contribution in [3.05, 3.63) is 12.2 Å². The summed E-state index contributed by atoms with van der Waals surface area (Å²) in [5, 5.41) is 0. The first-order valence-electron chi connectivity index (χ1n) is 6.95. The average Bonchev–Trinajstić information content (AvgIpc) is 2.29. The van der Waals surface area contributed by atoms with Crippen LogP contribution in [0.15, 0.2) is 12.2 Å². The highest BCUT2D eigenvalue weighted by molar-refractivity contribution is 5.89. The molecule has 0 spiro atoms. The Morgan fingerprint density at radius 1 is 1.12 bits per heavy atom. The molecule has 1 fully saturated rings. The highest BCUT2D eigenvalue weighted by Gasteiger charge is 2.21. The van der Waals surface area contributed by atoms with E-state index in [0.717, 1.165) is 18.8 Å². The molecule has 1 heteroatoms. The fraction of sp³-hybridized carbons (Fsp3) is 0.800. The van der Waals surface area contributed by atoms with Gasteiger partial charge in [0.05, 0.1) is 0 Å². The van der Waals surface area contributed by atoms with Crippen LogP contribution in [0.25, 0.3) is 0 Å². The summed E-state index contributed by atoms with van der Waals surface area (Å²) in [4.78, 5) is 11.6. The fourth-order valence-corrected chi connectivity index (χ4v) is 2.73. The van der Waals surface area contributed by atoms with Crippen molar-refractivity contribution in [3.8, 4) is 0 Å². The second-order valence-corrected chi connectivity index (χ2v) is 5.16. The lowest BCUT2D eigenvalue weighted by atomic mass is 9.78. The van der Waals surface area contributed by atoms with Crippen LogP contribution in [0.5, 0.6) is 0 Å². The fourth-order valence-electron chi connectivity index (χ4n) is 2.73. The minimum Gasteiger partial charge on any atom is -0.295 e. The van der Waals surface area contributed by atoms with Gasteiger partial charge >= 0.3 is 0 Å². The van der Waals surface area contributed by atoms with Crippen LogP contribution in [0.4, 0.5) is 0 Å². The van der Waals surface area contributed by atoms with Gasteiger partial charge in [0.15, 0.2) is 5.78 Å². The first-order valence-corrected chi connectivity index (χ1v) is 6.95. The van der Waals surface area contributed by atoms with Gasteiger partial charge in [-0.1, -0.05) is 45.6 Å². The number of allylic oxidation sites excluding steroid dienone is 2. The molecule has 0 aromatic heterocycles. The number of hydrogen-bond acceptors (Lipinski definition) is 1. The SMILES string of the molecule is CC/C=C/C(=O)CC1CCC(CCC)CC1. The van der Waals surface area contributed by atoms with Crippen LogP contribution in [0, 0.1) is 11.8 Å². The van der Waals surface area contributed by atoms with Crippen molar-refractivity contribution in [3.63, 3.8) is 0 Å². The van der Waals surface area contributed by atoms with Gasteiger partial charge in [-0.3, -0.25) is 4.79 Å². The van der Waals surface area contributed by atoms with Crippen molar-refractivity contribution < 1.29 is 4.79 Å². The van der Waals surface area contributed by atoms with E-state index >= 15 is 0 Å². The number of hydrogen-bond donors (Lipinski definition) is 0. The van der Waals surface area contributed by atoms with Crippen LogP contribution in [0.3, 0.4) is 0 Å². The molecule has 16 heavy (non-hydrogen) atoms. The molecule has 1 aliphatic carbocycles. The predicted octanol–water partition coefficient (Wildman–Crippen LogP) is 4.52. The number of carbonyl (C=O) groups excluding carboxylic acids is 1. The van der Waals surface area contributed by atoms with Crippen molar-refractivity contribution in [2.45, 2.75) is 65.2 Å². The number of ketones is 1. The van der Waals surface area contributed by atoms with Crippen LogP contribution in [0.1, 0.15) is 65.2 Å². The van der Waals surface area contributed by atoms with Crippen molar-refractivity contribution in [2.24, 2.45) is 11.8 Å².